The van der Waals surface area contributed by atoms with Gasteiger partial charge in [0.2, 0.25) is 0 Å². The Hall–Kier alpha value is -17.1. The van der Waals surface area contributed by atoms with Crippen LogP contribution < -0.4 is 29.4 Å². The molecule has 23 aromatic carbocycles. The number of nitrogens with zero attached hydrogens (tertiary/aromatic N) is 6. The molecule has 0 amide bonds. The van der Waals surface area contributed by atoms with Crippen molar-refractivity contribution in [2.45, 2.75) is 149 Å². The highest BCUT2D eigenvalue weighted by atomic mass is 15.2. The molecule has 738 valence electrons. The van der Waals surface area contributed by atoms with Crippen LogP contribution in [0.3, 0.4) is 0 Å². The van der Waals surface area contributed by atoms with E-state index >= 15 is 0 Å². The Bertz CT molecular complexity index is 8350. The zero-order valence-corrected chi connectivity index (χ0v) is 90.0. The minimum Gasteiger partial charge on any atom is -0.310 e. The molecule has 150 heavy (non-hydrogen) atoms. The second-order valence-electron chi connectivity index (χ2n) is 43.1. The number of anilines is 18. The molecule has 0 aliphatic carbocycles. The molecule has 0 radical (unpaired) electrons. The Kier molecular flexibility index (Phi) is 27.5. The van der Waals surface area contributed by atoms with E-state index in [0.717, 1.165) is 68.2 Å². The number of benzene rings is 23. The van der Waals surface area contributed by atoms with Crippen molar-refractivity contribution in [1.82, 2.24) is 0 Å². The van der Waals surface area contributed by atoms with Gasteiger partial charge in [-0.1, -0.05) is 360 Å². The van der Waals surface area contributed by atoms with Crippen molar-refractivity contribution in [3.63, 3.8) is 0 Å². The summed E-state index contributed by atoms with van der Waals surface area (Å²) in [5, 5.41) is 19.6. The third-order valence-electron chi connectivity index (χ3n) is 29.8. The molecular formula is C144H132N6. The summed E-state index contributed by atoms with van der Waals surface area (Å²) < 4.78 is 0. The Morgan fingerprint density at radius 2 is 0.333 bits per heavy atom. The molecule has 0 heterocycles. The summed E-state index contributed by atoms with van der Waals surface area (Å²) in [5.74, 6) is 0.930. The molecule has 0 aliphatic rings. The van der Waals surface area contributed by atoms with Gasteiger partial charge in [0.15, 0.2) is 0 Å². The largest absolute Gasteiger partial charge is 0.310 e. The van der Waals surface area contributed by atoms with E-state index < -0.39 is 0 Å². The van der Waals surface area contributed by atoms with E-state index in [2.05, 4.69) is 604 Å². The van der Waals surface area contributed by atoms with Crippen LogP contribution in [0, 0.1) is 83.1 Å². The highest BCUT2D eigenvalue weighted by molar-refractivity contribution is 6.28. The van der Waals surface area contributed by atoms with Gasteiger partial charge in [-0.2, -0.15) is 0 Å². The molecular weight excluding hydrogens is 1810 g/mol. The van der Waals surface area contributed by atoms with Crippen LogP contribution in [-0.2, 0) is 5.41 Å². The topological polar surface area (TPSA) is 19.4 Å². The molecule has 0 unspecified atom stereocenters. The third kappa shape index (κ3) is 19.9. The molecule has 6 nitrogen and oxygen atoms in total. The summed E-state index contributed by atoms with van der Waals surface area (Å²) in [6.07, 6.45) is 0. The van der Waals surface area contributed by atoms with Crippen LogP contribution >= 0.6 is 0 Å². The van der Waals surface area contributed by atoms with Gasteiger partial charge in [0.25, 0.3) is 0 Å². The lowest BCUT2D eigenvalue weighted by Gasteiger charge is -2.33. The van der Waals surface area contributed by atoms with Crippen molar-refractivity contribution < 1.29 is 0 Å². The van der Waals surface area contributed by atoms with Crippen molar-refractivity contribution in [2.75, 3.05) is 29.4 Å². The lowest BCUT2D eigenvalue weighted by molar-refractivity contribution is 0.591. The molecule has 0 fully saturated rings. The summed E-state index contributed by atoms with van der Waals surface area (Å²) in [4.78, 5) is 14.7. The smallest absolute Gasteiger partial charge is 0.0620 e. The van der Waals surface area contributed by atoms with E-state index in [1.165, 1.54) is 204 Å². The van der Waals surface area contributed by atoms with Gasteiger partial charge in [-0.3, -0.25) is 0 Å². The zero-order chi connectivity index (χ0) is 104. The van der Waals surface area contributed by atoms with Gasteiger partial charge in [0.1, 0.15) is 0 Å². The zero-order valence-electron chi connectivity index (χ0n) is 90.0. The molecule has 0 bridgehead atoms. The lowest BCUT2D eigenvalue weighted by atomic mass is 9.84. The first-order valence-electron chi connectivity index (χ1n) is 53.0. The van der Waals surface area contributed by atoms with Gasteiger partial charge in [0, 0.05) is 111 Å². The highest BCUT2D eigenvalue weighted by Crippen LogP contribution is 2.56. The van der Waals surface area contributed by atoms with Gasteiger partial charge in [-0.05, 0) is 358 Å². The predicted octanol–water partition coefficient (Wildman–Crippen LogP) is 42.3. The van der Waals surface area contributed by atoms with E-state index in [-0.39, 0.29) is 5.41 Å². The van der Waals surface area contributed by atoms with Crippen LogP contribution in [-0.4, -0.2) is 0 Å². The summed E-state index contributed by atoms with van der Waals surface area (Å²) in [5.41, 5.74) is 39.7. The summed E-state index contributed by atoms with van der Waals surface area (Å²) >= 11 is 0. The molecule has 0 saturated heterocycles. The molecule has 0 aromatic heterocycles. The standard InChI is InChI=1S/C52H50N2.C46H38N2.C46H44N2/c1-33(2)39-17-21-41(22-18-39)53(43-27-35(5)25-36(6)28-43)51-31-49-46-14-10-12-16-48(46)52(32-50(49)45-13-9-11-15-47(45)51)54(44-29-37(7)26-38(8)30-44)42-23-19-40(20-24-42)34(3)4;1-31-13-21-35(22-14-31)47(36-23-15-32(2)16-24-36)45-29-43-40-10-6-8-12-42(40)46(30-44(43)39-9-5-7-11-41(39)45)48(37-25-17-33(3)18-26-37)38-27-19-34(4)20-28-38;1-31-12-21-36(22-13-31)47(37-23-14-32(2)15-24-37)44-40-10-8-9-11-41(40)45(43-30-35(46(5,6)7)20-29-42(43)44)48(38-25-16-33(3)17-26-38)39-27-18-34(4)19-28-39/h9-34H,1-8H3;5-30H,1-4H3;8-30H,1-7H3. The maximum absolute atomic E-state index is 2.46. The van der Waals surface area contributed by atoms with E-state index in [1.807, 2.05) is 0 Å². The van der Waals surface area contributed by atoms with E-state index in [4.69, 9.17) is 0 Å². The second-order valence-corrected chi connectivity index (χ2v) is 43.1. The van der Waals surface area contributed by atoms with Gasteiger partial charge >= 0.3 is 0 Å². The molecule has 0 atom stereocenters. The van der Waals surface area contributed by atoms with Crippen LogP contribution in [0.25, 0.3) is 86.2 Å². The van der Waals surface area contributed by atoms with Crippen LogP contribution in [0.15, 0.2) is 443 Å². The summed E-state index contributed by atoms with van der Waals surface area (Å²) in [6.45, 7) is 41.9. The molecule has 0 saturated carbocycles. The minimum atomic E-state index is -0.0244. The SMILES string of the molecule is Cc1cc(C)cc(N(c2ccc(C(C)C)cc2)c2cc3c4ccccc4c(N(c4ccc(C(C)C)cc4)c4cc(C)cc(C)c4)cc3c3ccccc23)c1.Cc1ccc(N(c2ccc(C)cc2)c2c3ccccc3c(N(c3ccc(C)cc3)c3ccc(C)cc3)c3cc(C(C)(C)C)ccc23)cc1.Cc1ccc(N(c2ccc(C)cc2)c2cc3c4ccccc4c(N(c4ccc(C)cc4)c4ccc(C)cc4)cc3c3ccccc23)cc1. The molecule has 6 heteroatoms. The van der Waals surface area contributed by atoms with E-state index in [1.54, 1.807) is 0 Å². The normalized spacial score (nSPS) is 11.6. The average molecular weight is 1950 g/mol. The minimum absolute atomic E-state index is 0.0244. The predicted molar refractivity (Wildman–Crippen MR) is 651 cm³/mol. The third-order valence-corrected chi connectivity index (χ3v) is 29.8. The maximum Gasteiger partial charge on any atom is 0.0620 e. The van der Waals surface area contributed by atoms with Gasteiger partial charge < -0.3 is 29.4 Å². The molecule has 23 rings (SSSR count). The number of hydrogen-bond acceptors (Lipinski definition) is 6. The van der Waals surface area contributed by atoms with Crippen molar-refractivity contribution in [3.8, 4) is 0 Å². The Labute approximate surface area is 886 Å². The number of aryl methyl sites for hydroxylation is 12. The van der Waals surface area contributed by atoms with Crippen LogP contribution in [0.5, 0.6) is 0 Å². The second kappa shape index (κ2) is 41.7. The van der Waals surface area contributed by atoms with Crippen molar-refractivity contribution >= 4 is 189 Å². The summed E-state index contributed by atoms with van der Waals surface area (Å²) in [7, 11) is 0. The highest BCUT2D eigenvalue weighted by Gasteiger charge is 2.31. The number of rotatable bonds is 20. The van der Waals surface area contributed by atoms with Crippen LogP contribution in [0.1, 0.15) is 144 Å². The monoisotopic (exact) mass is 1950 g/mol. The van der Waals surface area contributed by atoms with Gasteiger partial charge in [-0.15, -0.1) is 0 Å². The molecule has 0 spiro atoms. The first kappa shape index (κ1) is 98.9. The average Bonchev–Trinajstić information content (AvgIpc) is 0.722. The maximum atomic E-state index is 2.46. The van der Waals surface area contributed by atoms with Crippen LogP contribution in [0.4, 0.5) is 102 Å². The molecule has 0 N–H and O–H groups in total. The van der Waals surface area contributed by atoms with Crippen LogP contribution in [0.2, 0.25) is 0 Å². The Morgan fingerprint density at radius 3 is 0.553 bits per heavy atom. The first-order valence-corrected chi connectivity index (χ1v) is 53.0. The number of hydrogen-bond donors (Lipinski definition) is 0. The van der Waals surface area contributed by atoms with E-state index in [0.29, 0.717) is 11.8 Å². The molecule has 0 aliphatic heterocycles. The summed E-state index contributed by atoms with van der Waals surface area (Å²) in [6, 6.07) is 165. The quantitative estimate of drug-likeness (QED) is 0.0427. The van der Waals surface area contributed by atoms with Gasteiger partial charge in [-0.25, -0.2) is 0 Å². The number of fused-ring (bicyclic) bond motifs is 12. The van der Waals surface area contributed by atoms with Crippen molar-refractivity contribution in [2.24, 2.45) is 0 Å². The van der Waals surface area contributed by atoms with E-state index in [9.17, 15) is 0 Å². The van der Waals surface area contributed by atoms with Crippen molar-refractivity contribution in [3.05, 3.63) is 526 Å². The Balaban J connectivity index is 0.000000132. The molecule has 23 aromatic rings. The Morgan fingerprint density at radius 1 is 0.147 bits per heavy atom. The van der Waals surface area contributed by atoms with Crippen molar-refractivity contribution in [1.29, 1.82) is 0 Å². The van der Waals surface area contributed by atoms with Gasteiger partial charge in [0.05, 0.1) is 34.1 Å². The lowest BCUT2D eigenvalue weighted by Crippen LogP contribution is -2.16. The fourth-order valence-corrected chi connectivity index (χ4v) is 21.9. The first-order chi connectivity index (χ1) is 72.6. The fraction of sp³-hybridized carbons (Fsp3) is 0.153. The fourth-order valence-electron chi connectivity index (χ4n) is 21.9.